The molecule has 1 unspecified atom stereocenters. The number of pyridine rings is 1. The minimum Gasteiger partial charge on any atom is -0.320 e. The summed E-state index contributed by atoms with van der Waals surface area (Å²) >= 11 is 0. The SMILES string of the molecule is CCCS(=O)Nc1ccc(F)c(C(=O)Nc2cnc3n[nH]c(NC(C)=O)c3c2)c1F. The topological polar surface area (TPSA) is 129 Å². The summed E-state index contributed by atoms with van der Waals surface area (Å²) in [6.07, 6.45) is 1.85. The first-order chi connectivity index (χ1) is 14.3. The maximum atomic E-state index is 14.7. The van der Waals surface area contributed by atoms with E-state index in [-0.39, 0.29) is 34.5 Å². The van der Waals surface area contributed by atoms with Gasteiger partial charge in [-0.3, -0.25) is 14.7 Å². The van der Waals surface area contributed by atoms with Crippen molar-refractivity contribution in [2.45, 2.75) is 20.3 Å². The highest BCUT2D eigenvalue weighted by Gasteiger charge is 2.22. The van der Waals surface area contributed by atoms with Gasteiger partial charge in [0.2, 0.25) is 5.91 Å². The Kier molecular flexibility index (Phi) is 6.35. The highest BCUT2D eigenvalue weighted by molar-refractivity contribution is 7.86. The summed E-state index contributed by atoms with van der Waals surface area (Å²) in [5, 5.41) is 11.8. The maximum absolute atomic E-state index is 14.7. The Morgan fingerprint density at radius 1 is 1.23 bits per heavy atom. The fourth-order valence-electron chi connectivity index (χ4n) is 2.63. The number of amides is 2. The minimum absolute atomic E-state index is 0.132. The van der Waals surface area contributed by atoms with Gasteiger partial charge in [0.1, 0.15) is 28.2 Å². The molecule has 4 N–H and O–H groups in total. The van der Waals surface area contributed by atoms with Crippen LogP contribution in [0.25, 0.3) is 11.0 Å². The highest BCUT2D eigenvalue weighted by Crippen LogP contribution is 2.25. The lowest BCUT2D eigenvalue weighted by Gasteiger charge is -2.11. The van der Waals surface area contributed by atoms with Crippen LogP contribution in [-0.2, 0) is 15.8 Å². The van der Waals surface area contributed by atoms with Gasteiger partial charge in [-0.15, -0.1) is 0 Å². The van der Waals surface area contributed by atoms with E-state index in [1.807, 2.05) is 6.92 Å². The third-order valence-corrected chi connectivity index (χ3v) is 5.13. The van der Waals surface area contributed by atoms with E-state index in [1.165, 1.54) is 19.2 Å². The van der Waals surface area contributed by atoms with Gasteiger partial charge in [0, 0.05) is 12.7 Å². The molecule has 0 saturated heterocycles. The molecule has 0 aliphatic rings. The molecule has 0 saturated carbocycles. The zero-order valence-electron chi connectivity index (χ0n) is 16.0. The molecule has 2 heterocycles. The standard InChI is InChI=1S/C18H18F2N6O3S/c1-3-6-30(29)26-13-5-4-12(19)14(15(13)20)18(28)23-10-7-11-16(21-8-10)24-25-17(11)22-9(2)27/h4-5,7-8,26H,3,6H2,1-2H3,(H,23,28)(H2,21,22,24,25,27). The van der Waals surface area contributed by atoms with E-state index in [9.17, 15) is 22.6 Å². The monoisotopic (exact) mass is 436 g/mol. The summed E-state index contributed by atoms with van der Waals surface area (Å²) in [6, 6.07) is 3.44. The number of halogens is 2. The van der Waals surface area contributed by atoms with Crippen LogP contribution in [0.2, 0.25) is 0 Å². The number of carbonyl (C=O) groups excluding carboxylic acids is 2. The van der Waals surface area contributed by atoms with Gasteiger partial charge in [-0.05, 0) is 24.6 Å². The first kappa shape index (κ1) is 21.3. The predicted octanol–water partition coefficient (Wildman–Crippen LogP) is 2.93. The third kappa shape index (κ3) is 4.59. The summed E-state index contributed by atoms with van der Waals surface area (Å²) in [4.78, 5) is 27.8. The molecule has 0 radical (unpaired) electrons. The number of benzene rings is 1. The van der Waals surface area contributed by atoms with E-state index in [1.54, 1.807) is 0 Å². The molecule has 2 aromatic heterocycles. The van der Waals surface area contributed by atoms with Crippen molar-refractivity contribution in [1.29, 1.82) is 0 Å². The first-order valence-electron chi connectivity index (χ1n) is 8.86. The molecule has 9 nitrogen and oxygen atoms in total. The number of H-pyrrole nitrogens is 1. The molecule has 0 aliphatic heterocycles. The minimum atomic E-state index is -1.57. The van der Waals surface area contributed by atoms with Crippen molar-refractivity contribution in [1.82, 2.24) is 15.2 Å². The molecule has 3 aromatic rings. The van der Waals surface area contributed by atoms with Gasteiger partial charge in [-0.2, -0.15) is 5.10 Å². The van der Waals surface area contributed by atoms with Crippen molar-refractivity contribution in [3.8, 4) is 0 Å². The smallest absolute Gasteiger partial charge is 0.261 e. The molecule has 0 aliphatic carbocycles. The van der Waals surface area contributed by atoms with Crippen LogP contribution in [0.3, 0.4) is 0 Å². The van der Waals surface area contributed by atoms with Crippen LogP contribution in [0, 0.1) is 11.6 Å². The normalized spacial score (nSPS) is 11.9. The molecule has 12 heteroatoms. The lowest BCUT2D eigenvalue weighted by atomic mass is 10.1. The maximum Gasteiger partial charge on any atom is 0.261 e. The van der Waals surface area contributed by atoms with Gasteiger partial charge in [0.05, 0.1) is 23.0 Å². The Labute approximate surface area is 172 Å². The lowest BCUT2D eigenvalue weighted by Crippen LogP contribution is -2.18. The van der Waals surface area contributed by atoms with Crippen molar-refractivity contribution in [2.24, 2.45) is 0 Å². The average Bonchev–Trinajstić information content (AvgIpc) is 3.06. The lowest BCUT2D eigenvalue weighted by molar-refractivity contribution is -0.114. The zero-order valence-corrected chi connectivity index (χ0v) is 16.8. The van der Waals surface area contributed by atoms with Gasteiger partial charge in [0.15, 0.2) is 11.5 Å². The van der Waals surface area contributed by atoms with Crippen molar-refractivity contribution in [2.75, 3.05) is 21.1 Å². The number of nitrogens with one attached hydrogen (secondary N) is 4. The summed E-state index contributed by atoms with van der Waals surface area (Å²) in [5.74, 6) is -3.10. The number of carbonyl (C=O) groups is 2. The number of aromatic nitrogens is 3. The summed E-state index contributed by atoms with van der Waals surface area (Å²) < 4.78 is 43.2. The van der Waals surface area contributed by atoms with Crippen LogP contribution >= 0.6 is 0 Å². The van der Waals surface area contributed by atoms with Crippen LogP contribution in [0.5, 0.6) is 0 Å². The Balaban J connectivity index is 1.88. The Morgan fingerprint density at radius 2 is 2.00 bits per heavy atom. The molecule has 158 valence electrons. The van der Waals surface area contributed by atoms with Crippen LogP contribution in [0.4, 0.5) is 26.0 Å². The first-order valence-corrected chi connectivity index (χ1v) is 10.2. The van der Waals surface area contributed by atoms with E-state index in [0.717, 1.165) is 12.1 Å². The Bertz CT molecular complexity index is 1150. The van der Waals surface area contributed by atoms with E-state index in [4.69, 9.17) is 0 Å². The zero-order chi connectivity index (χ0) is 21.8. The molecule has 0 spiro atoms. The summed E-state index contributed by atoms with van der Waals surface area (Å²) in [5.41, 5.74) is -0.668. The fourth-order valence-corrected chi connectivity index (χ4v) is 3.51. The second-order valence-electron chi connectivity index (χ2n) is 6.26. The predicted molar refractivity (Wildman–Crippen MR) is 109 cm³/mol. The fraction of sp³-hybridized carbons (Fsp3) is 0.222. The quantitative estimate of drug-likeness (QED) is 0.453. The summed E-state index contributed by atoms with van der Waals surface area (Å²) in [6.45, 7) is 3.12. The second kappa shape index (κ2) is 8.95. The number of aromatic amines is 1. The number of anilines is 3. The van der Waals surface area contributed by atoms with E-state index < -0.39 is 34.1 Å². The highest BCUT2D eigenvalue weighted by atomic mass is 32.2. The van der Waals surface area contributed by atoms with Crippen LogP contribution in [0.1, 0.15) is 30.6 Å². The van der Waals surface area contributed by atoms with E-state index in [0.29, 0.717) is 11.8 Å². The largest absolute Gasteiger partial charge is 0.320 e. The molecule has 30 heavy (non-hydrogen) atoms. The molecule has 0 bridgehead atoms. The molecular formula is C18H18F2N6O3S. The van der Waals surface area contributed by atoms with Gasteiger partial charge in [-0.1, -0.05) is 6.92 Å². The number of hydrogen-bond acceptors (Lipinski definition) is 5. The number of fused-ring (bicyclic) bond motifs is 1. The van der Waals surface area contributed by atoms with Crippen LogP contribution < -0.4 is 15.4 Å². The molecule has 3 rings (SSSR count). The average molecular weight is 436 g/mol. The van der Waals surface area contributed by atoms with Gasteiger partial charge in [0.25, 0.3) is 5.91 Å². The number of hydrogen-bond donors (Lipinski definition) is 4. The number of nitrogens with zero attached hydrogens (tertiary/aromatic N) is 2. The van der Waals surface area contributed by atoms with Crippen molar-refractivity contribution < 1.29 is 22.6 Å². The molecule has 1 atom stereocenters. The third-order valence-electron chi connectivity index (χ3n) is 3.90. The second-order valence-corrected chi connectivity index (χ2v) is 7.57. The Hall–Kier alpha value is -3.41. The van der Waals surface area contributed by atoms with E-state index >= 15 is 0 Å². The van der Waals surface area contributed by atoms with Crippen LogP contribution in [-0.4, -0.2) is 37.0 Å². The summed E-state index contributed by atoms with van der Waals surface area (Å²) in [7, 11) is -1.57. The van der Waals surface area contributed by atoms with Crippen molar-refractivity contribution >= 4 is 51.0 Å². The van der Waals surface area contributed by atoms with Crippen molar-refractivity contribution in [3.63, 3.8) is 0 Å². The van der Waals surface area contributed by atoms with Gasteiger partial charge in [-0.25, -0.2) is 18.0 Å². The van der Waals surface area contributed by atoms with E-state index in [2.05, 4.69) is 30.5 Å². The van der Waals surface area contributed by atoms with Crippen LogP contribution in [0.15, 0.2) is 24.4 Å². The molecular weight excluding hydrogens is 418 g/mol. The molecule has 1 aromatic carbocycles. The van der Waals surface area contributed by atoms with Gasteiger partial charge >= 0.3 is 0 Å². The molecule has 2 amide bonds. The number of rotatable bonds is 7. The van der Waals surface area contributed by atoms with Crippen molar-refractivity contribution in [3.05, 3.63) is 41.6 Å². The molecule has 0 fully saturated rings. The van der Waals surface area contributed by atoms with Gasteiger partial charge < -0.3 is 15.4 Å². The Morgan fingerprint density at radius 3 is 2.70 bits per heavy atom.